The Balaban J connectivity index is 1.23. The van der Waals surface area contributed by atoms with Gasteiger partial charge in [0.15, 0.2) is 6.04 Å². The molecular formula is C26H36N3O5+. The number of piperidine rings is 1. The van der Waals surface area contributed by atoms with Gasteiger partial charge < -0.3 is 19.5 Å². The number of amides is 2. The molecule has 2 fully saturated rings. The topological polar surface area (TPSA) is 93.3 Å². The van der Waals surface area contributed by atoms with Crippen LogP contribution in [0.5, 0.6) is 5.75 Å². The molecule has 1 saturated carbocycles. The minimum Gasteiger partial charge on any atom is -0.489 e. The Bertz CT molecular complexity index is 969. The van der Waals surface area contributed by atoms with E-state index in [2.05, 4.69) is 23.7 Å². The molecular weight excluding hydrogens is 434 g/mol. The molecule has 0 aromatic heterocycles. The molecule has 1 aliphatic carbocycles. The largest absolute Gasteiger partial charge is 0.489 e. The summed E-state index contributed by atoms with van der Waals surface area (Å²) in [5, 5.41) is 10.2. The summed E-state index contributed by atoms with van der Waals surface area (Å²) >= 11 is 0. The van der Waals surface area contributed by atoms with E-state index < -0.39 is 6.04 Å². The van der Waals surface area contributed by atoms with E-state index in [4.69, 9.17) is 9.47 Å². The van der Waals surface area contributed by atoms with Gasteiger partial charge in [0, 0.05) is 31.2 Å². The quantitative estimate of drug-likeness (QED) is 0.656. The van der Waals surface area contributed by atoms with Crippen molar-refractivity contribution in [2.45, 2.75) is 95.7 Å². The maximum Gasteiger partial charge on any atom is 0.388 e. The first-order valence-corrected chi connectivity index (χ1v) is 12.7. The summed E-state index contributed by atoms with van der Waals surface area (Å²) in [5.41, 5.74) is 1.56. The van der Waals surface area contributed by atoms with Crippen LogP contribution in [0.25, 0.3) is 0 Å². The normalized spacial score (nSPS) is 28.5. The maximum atomic E-state index is 13.0. The molecule has 0 bridgehead atoms. The highest BCUT2D eigenvalue weighted by Gasteiger charge is 2.41. The Hall–Kier alpha value is -2.45. The molecule has 5 rings (SSSR count). The minimum atomic E-state index is -0.483. The summed E-state index contributed by atoms with van der Waals surface area (Å²) in [6.07, 6.45) is 7.03. The van der Waals surface area contributed by atoms with Crippen LogP contribution in [0.3, 0.4) is 0 Å². The number of carbonyl (C=O) groups excluding carboxylic acids is 2. The number of fused-ring (bicyclic) bond motifs is 1. The number of benzene rings is 1. The number of aliphatic hydroxyl groups excluding tert-OH is 1. The van der Waals surface area contributed by atoms with E-state index in [1.807, 2.05) is 18.2 Å². The molecule has 0 radical (unpaired) electrons. The molecule has 3 heterocycles. The average Bonchev–Trinajstić information content (AvgIpc) is 3.38. The van der Waals surface area contributed by atoms with Crippen LogP contribution in [-0.4, -0.2) is 76.1 Å². The summed E-state index contributed by atoms with van der Waals surface area (Å²) in [4.78, 5) is 31.2. The van der Waals surface area contributed by atoms with Crippen LogP contribution < -0.4 is 9.73 Å². The molecule has 0 spiro atoms. The second-order valence-electron chi connectivity index (χ2n) is 10.3. The fourth-order valence-electron chi connectivity index (χ4n) is 6.01. The Morgan fingerprint density at radius 3 is 2.62 bits per heavy atom. The number of rotatable bonds is 6. The monoisotopic (exact) mass is 470 g/mol. The van der Waals surface area contributed by atoms with Crippen molar-refractivity contribution in [2.24, 2.45) is 0 Å². The highest BCUT2D eigenvalue weighted by atomic mass is 16.5. The van der Waals surface area contributed by atoms with Gasteiger partial charge in [0.2, 0.25) is 0 Å². The highest BCUT2D eigenvalue weighted by molar-refractivity contribution is 6.01. The lowest BCUT2D eigenvalue weighted by Crippen LogP contribution is -2.82. The fraction of sp³-hybridized carbons (Fsp3) is 0.654. The van der Waals surface area contributed by atoms with E-state index in [0.717, 1.165) is 56.5 Å². The second-order valence-corrected chi connectivity index (χ2v) is 10.3. The van der Waals surface area contributed by atoms with Crippen LogP contribution in [0, 0.1) is 0 Å². The van der Waals surface area contributed by atoms with Crippen molar-refractivity contribution in [3.8, 4) is 5.75 Å². The molecule has 1 aromatic carbocycles. The summed E-state index contributed by atoms with van der Waals surface area (Å²) in [6, 6.07) is 5.64. The van der Waals surface area contributed by atoms with Crippen LogP contribution in [0.1, 0.15) is 74.7 Å². The molecule has 34 heavy (non-hydrogen) atoms. The van der Waals surface area contributed by atoms with Crippen molar-refractivity contribution in [3.05, 3.63) is 29.3 Å². The lowest BCUT2D eigenvalue weighted by atomic mass is 10.0. The van der Waals surface area contributed by atoms with Gasteiger partial charge in [0.25, 0.3) is 5.91 Å². The number of ether oxygens (including phenoxy) is 2. The van der Waals surface area contributed by atoms with Crippen LogP contribution in [-0.2, 0) is 16.1 Å². The summed E-state index contributed by atoms with van der Waals surface area (Å²) < 4.78 is 12.5. The third-order valence-electron chi connectivity index (χ3n) is 7.63. The minimum absolute atomic E-state index is 0.112. The third-order valence-corrected chi connectivity index (χ3v) is 7.63. The maximum absolute atomic E-state index is 13.0. The van der Waals surface area contributed by atoms with Gasteiger partial charge in [-0.05, 0) is 76.1 Å². The van der Waals surface area contributed by atoms with Crippen LogP contribution >= 0.6 is 0 Å². The average molecular weight is 471 g/mol. The van der Waals surface area contributed by atoms with Gasteiger partial charge in [-0.2, -0.15) is 0 Å². The molecule has 8 nitrogen and oxygen atoms in total. The van der Waals surface area contributed by atoms with Crippen molar-refractivity contribution in [1.82, 2.24) is 9.80 Å². The van der Waals surface area contributed by atoms with Crippen LogP contribution in [0.15, 0.2) is 18.2 Å². The van der Waals surface area contributed by atoms with Gasteiger partial charge in [0.05, 0.1) is 18.6 Å². The lowest BCUT2D eigenvalue weighted by Gasteiger charge is -2.38. The van der Waals surface area contributed by atoms with E-state index in [0.29, 0.717) is 37.1 Å². The Morgan fingerprint density at radius 2 is 1.88 bits per heavy atom. The standard InChI is InChI=1S/C26H35N3O5/c1-16(2)33-18-10-12-28(13-11-18)21-4-3-5-23(21)34-19-6-7-20-17(14-19)15-29(26(20)32)22-8-9-24(30)27-25(22)31/h6-7,14,16,18,21-23H,3-5,8-13,15H2,1-2H3,(H,27,30,31)/p+1/t21-,22?,23+/m0/s1. The van der Waals surface area contributed by atoms with Crippen molar-refractivity contribution in [2.75, 3.05) is 13.1 Å². The van der Waals surface area contributed by atoms with Crippen molar-refractivity contribution in [1.29, 1.82) is 0 Å². The van der Waals surface area contributed by atoms with E-state index in [9.17, 15) is 14.7 Å². The fourth-order valence-corrected chi connectivity index (χ4v) is 6.01. The molecule has 1 unspecified atom stereocenters. The summed E-state index contributed by atoms with van der Waals surface area (Å²) in [7, 11) is 0. The molecule has 2 N–H and O–H groups in total. The molecule has 3 atom stereocenters. The molecule has 4 aliphatic rings. The van der Waals surface area contributed by atoms with Gasteiger partial charge in [0.1, 0.15) is 11.9 Å². The Labute approximate surface area is 200 Å². The first-order valence-electron chi connectivity index (χ1n) is 12.7. The van der Waals surface area contributed by atoms with Crippen LogP contribution in [0.4, 0.5) is 0 Å². The number of carbonyl (C=O) groups is 2. The van der Waals surface area contributed by atoms with Crippen molar-refractivity contribution < 1.29 is 29.2 Å². The first kappa shape index (κ1) is 23.3. The number of hydrogen-bond acceptors (Lipinski definition) is 5. The number of nitrogens with one attached hydrogen (secondary N) is 1. The van der Waals surface area contributed by atoms with E-state index in [1.54, 1.807) is 4.90 Å². The third kappa shape index (κ3) is 4.70. The van der Waals surface area contributed by atoms with Crippen molar-refractivity contribution in [3.63, 3.8) is 0 Å². The highest BCUT2D eigenvalue weighted by Crippen LogP contribution is 2.34. The second kappa shape index (κ2) is 9.66. The number of aliphatic hydroxyl groups is 1. The first-order chi connectivity index (χ1) is 16.4. The molecule has 184 valence electrons. The van der Waals surface area contributed by atoms with Gasteiger partial charge in [-0.3, -0.25) is 9.69 Å². The molecule has 2 amide bonds. The SMILES string of the molecule is CC(C)OC1CCN([C@H]2CCC[C@H]2Oc2ccc3c(c2)CN(C2CCC(=O)[NH+]=C2O)C3=O)CC1. The Kier molecular flexibility index (Phi) is 6.62. The lowest BCUT2D eigenvalue weighted by molar-refractivity contribution is -0.394. The number of likely N-dealkylation sites (tertiary alicyclic amines) is 1. The molecule has 3 aliphatic heterocycles. The Morgan fingerprint density at radius 1 is 1.09 bits per heavy atom. The van der Waals surface area contributed by atoms with E-state index in [1.165, 1.54) is 0 Å². The number of nitrogens with zero attached hydrogens (tertiary/aromatic N) is 2. The van der Waals surface area contributed by atoms with Gasteiger partial charge >= 0.3 is 11.8 Å². The molecule has 8 heteroatoms. The molecule has 1 aromatic rings. The molecule has 1 saturated heterocycles. The van der Waals surface area contributed by atoms with Crippen molar-refractivity contribution >= 4 is 17.7 Å². The zero-order valence-corrected chi connectivity index (χ0v) is 20.2. The number of hydrogen-bond donors (Lipinski definition) is 2. The van der Waals surface area contributed by atoms with E-state index in [-0.39, 0.29) is 29.9 Å². The smallest absolute Gasteiger partial charge is 0.388 e. The van der Waals surface area contributed by atoms with E-state index >= 15 is 0 Å². The van der Waals surface area contributed by atoms with Gasteiger partial charge in [-0.25, -0.2) is 4.79 Å². The van der Waals surface area contributed by atoms with Gasteiger partial charge in [-0.1, -0.05) is 0 Å². The predicted molar refractivity (Wildman–Crippen MR) is 126 cm³/mol. The predicted octanol–water partition coefficient (Wildman–Crippen LogP) is 1.56. The summed E-state index contributed by atoms with van der Waals surface area (Å²) in [6.45, 7) is 6.71. The summed E-state index contributed by atoms with van der Waals surface area (Å²) in [5.74, 6) is 0.342. The zero-order chi connectivity index (χ0) is 23.8. The zero-order valence-electron chi connectivity index (χ0n) is 20.2. The van der Waals surface area contributed by atoms with Crippen LogP contribution in [0.2, 0.25) is 0 Å². The van der Waals surface area contributed by atoms with Gasteiger partial charge in [-0.15, -0.1) is 4.99 Å².